The van der Waals surface area contributed by atoms with Gasteiger partial charge in [0.25, 0.3) is 0 Å². The number of carbonyl (C=O) groups is 1. The monoisotopic (exact) mass is 422 g/mol. The lowest BCUT2D eigenvalue weighted by molar-refractivity contribution is -0.142. The largest absolute Gasteiger partial charge is 0.616 e. The third kappa shape index (κ3) is 21.5. The Morgan fingerprint density at radius 2 is 1.14 bits per heavy atom. The first-order valence-electron chi connectivity index (χ1n) is 11.2. The average Bonchev–Trinajstić information content (AvgIpc) is 2.63. The van der Waals surface area contributed by atoms with Crippen LogP contribution in [0.2, 0.25) is 6.04 Å². The second kappa shape index (κ2) is 18.3. The molecule has 0 rings (SSSR count). The smallest absolute Gasteiger partial charge is 0.460 e. The molecule has 1 atom stereocenters. The molecule has 0 spiro atoms. The number of ether oxygens (including phenoxy) is 1. The summed E-state index contributed by atoms with van der Waals surface area (Å²) in [5, 5.41) is 0. The molecule has 0 bridgehead atoms. The SMILES string of the molecule is C=CC(=O)OC(C)CCCCCCCCCCCCCCCCC[Si](F)(F)F. The summed E-state index contributed by atoms with van der Waals surface area (Å²) in [7, 11) is -5.30. The number of hydrogen-bond acceptors (Lipinski definition) is 2. The molecule has 0 heterocycles. The van der Waals surface area contributed by atoms with E-state index in [1.165, 1.54) is 70.3 Å². The first kappa shape index (κ1) is 27.2. The number of hydrogen-bond donors (Lipinski definition) is 0. The van der Waals surface area contributed by atoms with E-state index in [2.05, 4.69) is 6.58 Å². The Bertz CT molecular complexity index is 386. The van der Waals surface area contributed by atoms with Gasteiger partial charge in [0.15, 0.2) is 0 Å². The maximum absolute atomic E-state index is 12.1. The van der Waals surface area contributed by atoms with Gasteiger partial charge in [-0.2, -0.15) is 0 Å². The van der Waals surface area contributed by atoms with Crippen LogP contribution in [0.25, 0.3) is 0 Å². The molecule has 28 heavy (non-hydrogen) atoms. The Morgan fingerprint density at radius 1 is 0.786 bits per heavy atom. The van der Waals surface area contributed by atoms with Crippen molar-refractivity contribution in [3.8, 4) is 0 Å². The van der Waals surface area contributed by atoms with Gasteiger partial charge < -0.3 is 4.74 Å². The Morgan fingerprint density at radius 3 is 1.50 bits per heavy atom. The van der Waals surface area contributed by atoms with Gasteiger partial charge in [-0.1, -0.05) is 90.0 Å². The Kier molecular flexibility index (Phi) is 17.7. The molecule has 0 aliphatic carbocycles. The van der Waals surface area contributed by atoms with Crippen LogP contribution in [0.4, 0.5) is 12.3 Å². The van der Waals surface area contributed by atoms with Gasteiger partial charge in [0, 0.05) is 12.1 Å². The molecule has 0 aromatic rings. The van der Waals surface area contributed by atoms with E-state index in [1.54, 1.807) is 0 Å². The molecule has 0 fully saturated rings. The third-order valence-corrected chi connectivity index (χ3v) is 5.98. The van der Waals surface area contributed by atoms with Crippen molar-refractivity contribution in [3.05, 3.63) is 12.7 Å². The normalized spacial score (nSPS) is 12.7. The number of esters is 1. The van der Waals surface area contributed by atoms with Crippen molar-refractivity contribution >= 4 is 15.0 Å². The minimum atomic E-state index is -5.30. The minimum Gasteiger partial charge on any atom is -0.460 e. The van der Waals surface area contributed by atoms with Crippen molar-refractivity contribution in [1.29, 1.82) is 0 Å². The number of unbranched alkanes of at least 4 members (excludes halogenated alkanes) is 14. The summed E-state index contributed by atoms with van der Waals surface area (Å²) >= 11 is 0. The molecule has 0 aromatic heterocycles. The summed E-state index contributed by atoms with van der Waals surface area (Å²) < 4.78 is 41.5. The van der Waals surface area contributed by atoms with Gasteiger partial charge in [-0.25, -0.2) is 17.1 Å². The highest BCUT2D eigenvalue weighted by Crippen LogP contribution is 2.20. The van der Waals surface area contributed by atoms with Gasteiger partial charge >= 0.3 is 15.0 Å². The molecule has 0 radical (unpaired) electrons. The lowest BCUT2D eigenvalue weighted by Crippen LogP contribution is -2.13. The predicted octanol–water partition coefficient (Wildman–Crippen LogP) is 8.19. The highest BCUT2D eigenvalue weighted by molar-refractivity contribution is 6.58. The second-order valence-corrected chi connectivity index (χ2v) is 9.64. The maximum atomic E-state index is 12.1. The lowest BCUT2D eigenvalue weighted by Gasteiger charge is -2.11. The maximum Gasteiger partial charge on any atom is 0.616 e. The van der Waals surface area contributed by atoms with E-state index in [9.17, 15) is 17.1 Å². The zero-order valence-electron chi connectivity index (χ0n) is 17.8. The molecule has 166 valence electrons. The van der Waals surface area contributed by atoms with Crippen LogP contribution < -0.4 is 0 Å². The summed E-state index contributed by atoms with van der Waals surface area (Å²) in [4.78, 5) is 11.1. The first-order chi connectivity index (χ1) is 13.3. The molecule has 1 unspecified atom stereocenters. The van der Waals surface area contributed by atoms with E-state index in [0.29, 0.717) is 6.42 Å². The summed E-state index contributed by atoms with van der Waals surface area (Å²) in [5.41, 5.74) is 0. The van der Waals surface area contributed by atoms with Crippen LogP contribution >= 0.6 is 0 Å². The quantitative estimate of drug-likeness (QED) is 0.0650. The van der Waals surface area contributed by atoms with E-state index >= 15 is 0 Å². The van der Waals surface area contributed by atoms with E-state index in [-0.39, 0.29) is 12.1 Å². The molecule has 6 heteroatoms. The first-order valence-corrected chi connectivity index (χ1v) is 13.1. The predicted molar refractivity (Wildman–Crippen MR) is 114 cm³/mol. The standard InChI is InChI=1S/C22H41F3O2Si/c1-3-22(26)27-21(2)19-17-15-13-11-9-7-5-4-6-8-10-12-14-16-18-20-28(23,24)25/h3,21H,1,4-20H2,2H3. The van der Waals surface area contributed by atoms with Crippen LogP contribution in [0.5, 0.6) is 0 Å². The van der Waals surface area contributed by atoms with E-state index in [1.807, 2.05) is 6.92 Å². The molecule has 2 nitrogen and oxygen atoms in total. The van der Waals surface area contributed by atoms with Gasteiger partial charge in [-0.15, -0.1) is 0 Å². The van der Waals surface area contributed by atoms with Crippen molar-refractivity contribution in [2.75, 3.05) is 0 Å². The van der Waals surface area contributed by atoms with Crippen LogP contribution in [0.1, 0.15) is 110 Å². The third-order valence-electron chi connectivity index (χ3n) is 5.05. The number of halogens is 3. The van der Waals surface area contributed by atoms with E-state index < -0.39 is 15.1 Å². The highest BCUT2D eigenvalue weighted by atomic mass is 28.5. The molecule has 0 amide bonds. The zero-order valence-corrected chi connectivity index (χ0v) is 18.8. The molecular formula is C22H41F3O2Si. The number of carbonyl (C=O) groups excluding carboxylic acids is 1. The summed E-state index contributed by atoms with van der Waals surface area (Å²) in [6.07, 6.45) is 18.9. The molecular weight excluding hydrogens is 381 g/mol. The summed E-state index contributed by atoms with van der Waals surface area (Å²) in [6.45, 7) is 5.32. The Hall–Kier alpha value is -0.783. The molecule has 0 saturated carbocycles. The van der Waals surface area contributed by atoms with Gasteiger partial charge in [0.05, 0.1) is 6.10 Å². The fourth-order valence-corrected chi connectivity index (χ4v) is 4.01. The van der Waals surface area contributed by atoms with Crippen molar-refractivity contribution in [2.45, 2.75) is 122 Å². The lowest BCUT2D eigenvalue weighted by atomic mass is 10.0. The van der Waals surface area contributed by atoms with E-state index in [0.717, 1.165) is 32.1 Å². The average molecular weight is 423 g/mol. The fraction of sp³-hybridized carbons (Fsp3) is 0.864. The van der Waals surface area contributed by atoms with Crippen molar-refractivity contribution in [2.24, 2.45) is 0 Å². The molecule has 0 aliphatic heterocycles. The molecule has 0 aliphatic rings. The van der Waals surface area contributed by atoms with Crippen LogP contribution in [-0.2, 0) is 9.53 Å². The number of rotatable bonds is 20. The van der Waals surface area contributed by atoms with Gasteiger partial charge in [0.2, 0.25) is 0 Å². The van der Waals surface area contributed by atoms with Crippen molar-refractivity contribution < 1.29 is 21.9 Å². The Labute approximate surface area is 171 Å². The fourth-order valence-electron chi connectivity index (χ4n) is 3.36. The van der Waals surface area contributed by atoms with Crippen molar-refractivity contribution in [1.82, 2.24) is 0 Å². The minimum absolute atomic E-state index is 0.0212. The second-order valence-electron chi connectivity index (χ2n) is 7.91. The van der Waals surface area contributed by atoms with Gasteiger partial charge in [-0.05, 0) is 26.2 Å². The molecule has 0 aromatic carbocycles. The van der Waals surface area contributed by atoms with Crippen molar-refractivity contribution in [3.63, 3.8) is 0 Å². The van der Waals surface area contributed by atoms with E-state index in [4.69, 9.17) is 4.74 Å². The summed E-state index contributed by atoms with van der Waals surface area (Å²) in [6, 6.07) is -0.489. The summed E-state index contributed by atoms with van der Waals surface area (Å²) in [5.74, 6) is -0.338. The van der Waals surface area contributed by atoms with Crippen LogP contribution in [0.15, 0.2) is 12.7 Å². The van der Waals surface area contributed by atoms with Gasteiger partial charge in [0.1, 0.15) is 0 Å². The topological polar surface area (TPSA) is 26.3 Å². The molecule has 0 N–H and O–H groups in total. The van der Waals surface area contributed by atoms with Gasteiger partial charge in [-0.3, -0.25) is 0 Å². The highest BCUT2D eigenvalue weighted by Gasteiger charge is 2.35. The van der Waals surface area contributed by atoms with Crippen LogP contribution in [0, 0.1) is 0 Å². The zero-order chi connectivity index (χ0) is 21.1. The van der Waals surface area contributed by atoms with Crippen LogP contribution in [0.3, 0.4) is 0 Å². The molecule has 0 saturated heterocycles. The van der Waals surface area contributed by atoms with Crippen LogP contribution in [-0.4, -0.2) is 21.1 Å². The Balaban J connectivity index is 3.16.